The van der Waals surface area contributed by atoms with Crippen LogP contribution in [-0.4, -0.2) is 47.5 Å². The number of aliphatic carboxylic acids is 1. The summed E-state index contributed by atoms with van der Waals surface area (Å²) in [5, 5.41) is 12.0. The number of carboxylic acids is 1. The third kappa shape index (κ3) is 2.74. The molecule has 23 heavy (non-hydrogen) atoms. The van der Waals surface area contributed by atoms with Gasteiger partial charge in [0.05, 0.1) is 23.3 Å². The zero-order chi connectivity index (χ0) is 16.6. The van der Waals surface area contributed by atoms with Crippen molar-refractivity contribution in [1.29, 1.82) is 0 Å². The van der Waals surface area contributed by atoms with E-state index in [4.69, 9.17) is 4.74 Å². The summed E-state index contributed by atoms with van der Waals surface area (Å²) in [6.07, 6.45) is 0.741. The maximum atomic E-state index is 12.4. The number of hydrogen-bond acceptors (Lipinski definition) is 4. The molecule has 7 heteroatoms. The fourth-order valence-corrected chi connectivity index (χ4v) is 2.89. The summed E-state index contributed by atoms with van der Waals surface area (Å²) in [6, 6.07) is 4.64. The smallest absolute Gasteiger partial charge is 0.321 e. The Bertz CT molecular complexity index is 687. The van der Waals surface area contributed by atoms with Crippen molar-refractivity contribution >= 4 is 23.5 Å². The third-order valence-electron chi connectivity index (χ3n) is 4.41. The number of para-hydroxylation sites is 1. The SMILES string of the molecule is CC1(C(=O)O)CCN(C(=O)Nc2cccc3c2OCCC3=O)C1. The number of carbonyl (C=O) groups is 3. The molecule has 0 saturated carbocycles. The Morgan fingerprint density at radius 2 is 2.17 bits per heavy atom. The Balaban J connectivity index is 1.76. The molecule has 2 heterocycles. The molecule has 0 radical (unpaired) electrons. The summed E-state index contributed by atoms with van der Waals surface area (Å²) in [6.45, 7) is 2.46. The molecular formula is C16H18N2O5. The minimum absolute atomic E-state index is 0.0121. The summed E-state index contributed by atoms with van der Waals surface area (Å²) < 4.78 is 5.52. The van der Waals surface area contributed by atoms with Gasteiger partial charge in [-0.3, -0.25) is 9.59 Å². The van der Waals surface area contributed by atoms with Crippen molar-refractivity contribution in [1.82, 2.24) is 4.90 Å². The zero-order valence-electron chi connectivity index (χ0n) is 12.8. The molecule has 1 fully saturated rings. The lowest BCUT2D eigenvalue weighted by atomic mass is 9.90. The van der Waals surface area contributed by atoms with Gasteiger partial charge in [-0.15, -0.1) is 0 Å². The van der Waals surface area contributed by atoms with Gasteiger partial charge >= 0.3 is 12.0 Å². The Morgan fingerprint density at radius 1 is 1.39 bits per heavy atom. The number of carboxylic acid groups (broad SMARTS) is 1. The van der Waals surface area contributed by atoms with Gasteiger partial charge in [-0.05, 0) is 25.5 Å². The van der Waals surface area contributed by atoms with Crippen molar-refractivity contribution in [2.75, 3.05) is 25.0 Å². The van der Waals surface area contributed by atoms with Gasteiger partial charge in [0.2, 0.25) is 0 Å². The van der Waals surface area contributed by atoms with Gasteiger partial charge in [-0.1, -0.05) is 6.07 Å². The van der Waals surface area contributed by atoms with E-state index in [1.165, 1.54) is 4.90 Å². The van der Waals surface area contributed by atoms with Crippen molar-refractivity contribution in [2.45, 2.75) is 19.8 Å². The van der Waals surface area contributed by atoms with Crippen LogP contribution in [-0.2, 0) is 4.79 Å². The molecule has 2 amide bonds. The first-order valence-electron chi connectivity index (χ1n) is 7.49. The molecule has 1 aromatic rings. The van der Waals surface area contributed by atoms with Crippen LogP contribution in [0.25, 0.3) is 0 Å². The minimum atomic E-state index is -0.917. The van der Waals surface area contributed by atoms with Crippen LogP contribution in [0.1, 0.15) is 30.1 Å². The van der Waals surface area contributed by atoms with E-state index in [0.29, 0.717) is 43.0 Å². The Labute approximate surface area is 133 Å². The first kappa shape index (κ1) is 15.3. The standard InChI is InChI=1S/C16H18N2O5/c1-16(14(20)21)6-7-18(9-16)15(22)17-11-4-2-3-10-12(19)5-8-23-13(10)11/h2-4H,5-9H2,1H3,(H,17,22)(H,20,21). The lowest BCUT2D eigenvalue weighted by molar-refractivity contribution is -0.146. The largest absolute Gasteiger partial charge is 0.490 e. The number of ether oxygens (including phenoxy) is 1. The maximum Gasteiger partial charge on any atom is 0.321 e. The lowest BCUT2D eigenvalue weighted by Gasteiger charge is -2.23. The van der Waals surface area contributed by atoms with Crippen LogP contribution < -0.4 is 10.1 Å². The molecule has 2 aliphatic heterocycles. The van der Waals surface area contributed by atoms with Crippen LogP contribution in [0, 0.1) is 5.41 Å². The molecule has 2 aliphatic rings. The second kappa shape index (κ2) is 5.57. The van der Waals surface area contributed by atoms with E-state index < -0.39 is 11.4 Å². The molecule has 122 valence electrons. The van der Waals surface area contributed by atoms with Crippen molar-refractivity contribution in [3.63, 3.8) is 0 Å². The number of hydrogen-bond donors (Lipinski definition) is 2. The highest BCUT2D eigenvalue weighted by Gasteiger charge is 2.42. The highest BCUT2D eigenvalue weighted by atomic mass is 16.5. The average molecular weight is 318 g/mol. The van der Waals surface area contributed by atoms with Crippen LogP contribution in [0.5, 0.6) is 5.75 Å². The van der Waals surface area contributed by atoms with E-state index in [-0.39, 0.29) is 18.4 Å². The van der Waals surface area contributed by atoms with Crippen LogP contribution in [0.3, 0.4) is 0 Å². The lowest BCUT2D eigenvalue weighted by Crippen LogP contribution is -2.37. The van der Waals surface area contributed by atoms with Crippen molar-refractivity contribution < 1.29 is 24.2 Å². The van der Waals surface area contributed by atoms with Crippen molar-refractivity contribution in [2.24, 2.45) is 5.41 Å². The number of fused-ring (bicyclic) bond motifs is 1. The topological polar surface area (TPSA) is 95.9 Å². The molecule has 0 bridgehead atoms. The number of nitrogens with one attached hydrogen (secondary N) is 1. The molecule has 0 spiro atoms. The van der Waals surface area contributed by atoms with Gasteiger partial charge < -0.3 is 20.1 Å². The van der Waals surface area contributed by atoms with E-state index in [2.05, 4.69) is 5.32 Å². The number of Topliss-reactive ketones (excluding diaryl/α,β-unsaturated/α-hetero) is 1. The highest BCUT2D eigenvalue weighted by molar-refractivity contribution is 6.03. The number of amides is 2. The van der Waals surface area contributed by atoms with Crippen LogP contribution >= 0.6 is 0 Å². The van der Waals surface area contributed by atoms with Gasteiger partial charge in [0.15, 0.2) is 11.5 Å². The number of nitrogens with zero attached hydrogens (tertiary/aromatic N) is 1. The van der Waals surface area contributed by atoms with Crippen molar-refractivity contribution in [3.8, 4) is 5.75 Å². The van der Waals surface area contributed by atoms with E-state index in [1.807, 2.05) is 0 Å². The molecule has 7 nitrogen and oxygen atoms in total. The predicted octanol–water partition coefficient (Wildman–Crippen LogP) is 1.98. The minimum Gasteiger partial charge on any atom is -0.490 e. The summed E-state index contributed by atoms with van der Waals surface area (Å²) in [5.74, 6) is -0.530. The fourth-order valence-electron chi connectivity index (χ4n) is 2.89. The van der Waals surface area contributed by atoms with Gasteiger partial charge in [-0.25, -0.2) is 4.79 Å². The normalized spacial score (nSPS) is 23.2. The number of benzene rings is 1. The number of anilines is 1. The van der Waals surface area contributed by atoms with E-state index >= 15 is 0 Å². The number of urea groups is 1. The molecule has 0 aromatic heterocycles. The van der Waals surface area contributed by atoms with Crippen LogP contribution in [0.2, 0.25) is 0 Å². The van der Waals surface area contributed by atoms with Crippen molar-refractivity contribution in [3.05, 3.63) is 23.8 Å². The number of likely N-dealkylation sites (tertiary alicyclic amines) is 1. The second-order valence-corrected chi connectivity index (χ2v) is 6.17. The Hall–Kier alpha value is -2.57. The molecule has 1 saturated heterocycles. The summed E-state index contributed by atoms with van der Waals surface area (Å²) in [7, 11) is 0. The van der Waals surface area contributed by atoms with Gasteiger partial charge in [0, 0.05) is 19.5 Å². The molecular weight excluding hydrogens is 300 g/mol. The average Bonchev–Trinajstić information content (AvgIpc) is 2.92. The highest BCUT2D eigenvalue weighted by Crippen LogP contribution is 2.34. The molecule has 1 unspecified atom stereocenters. The first-order valence-corrected chi connectivity index (χ1v) is 7.49. The molecule has 3 rings (SSSR count). The fraction of sp³-hybridized carbons (Fsp3) is 0.438. The third-order valence-corrected chi connectivity index (χ3v) is 4.41. The zero-order valence-corrected chi connectivity index (χ0v) is 12.8. The van der Waals surface area contributed by atoms with Gasteiger partial charge in [0.1, 0.15) is 0 Å². The quantitative estimate of drug-likeness (QED) is 0.869. The van der Waals surface area contributed by atoms with E-state index in [1.54, 1.807) is 25.1 Å². The Kier molecular flexibility index (Phi) is 3.71. The van der Waals surface area contributed by atoms with E-state index in [0.717, 1.165) is 0 Å². The first-order chi connectivity index (χ1) is 10.9. The monoisotopic (exact) mass is 318 g/mol. The summed E-state index contributed by atoms with van der Waals surface area (Å²) in [4.78, 5) is 37.0. The second-order valence-electron chi connectivity index (χ2n) is 6.17. The molecule has 2 N–H and O–H groups in total. The molecule has 1 aromatic carbocycles. The Morgan fingerprint density at radius 3 is 2.87 bits per heavy atom. The van der Waals surface area contributed by atoms with Crippen LogP contribution in [0.4, 0.5) is 10.5 Å². The van der Waals surface area contributed by atoms with Gasteiger partial charge in [0.25, 0.3) is 0 Å². The van der Waals surface area contributed by atoms with Crippen LogP contribution in [0.15, 0.2) is 18.2 Å². The number of carbonyl (C=O) groups excluding carboxylic acids is 2. The number of rotatable bonds is 2. The molecule has 1 atom stereocenters. The van der Waals surface area contributed by atoms with E-state index in [9.17, 15) is 19.5 Å². The molecule has 0 aliphatic carbocycles. The summed E-state index contributed by atoms with van der Waals surface area (Å²) in [5.41, 5.74) is -0.0183. The van der Waals surface area contributed by atoms with Gasteiger partial charge in [-0.2, -0.15) is 0 Å². The predicted molar refractivity (Wildman–Crippen MR) is 81.8 cm³/mol. The maximum absolute atomic E-state index is 12.4. The number of ketones is 1. The summed E-state index contributed by atoms with van der Waals surface area (Å²) >= 11 is 0.